The number of aromatic nitrogens is 1. The first-order valence-corrected chi connectivity index (χ1v) is 9.18. The molecule has 1 aliphatic heterocycles. The van der Waals surface area contributed by atoms with Crippen LogP contribution in [0.3, 0.4) is 0 Å². The third-order valence-corrected chi connectivity index (χ3v) is 5.05. The van der Waals surface area contributed by atoms with Crippen LogP contribution in [-0.2, 0) is 11.3 Å². The first-order valence-electron chi connectivity index (χ1n) is 7.57. The maximum absolute atomic E-state index is 12.1. The Bertz CT molecular complexity index is 948. The Morgan fingerprint density at radius 3 is 3.08 bits per heavy atom. The highest BCUT2D eigenvalue weighted by molar-refractivity contribution is 9.10. The van der Waals surface area contributed by atoms with E-state index in [-0.39, 0.29) is 11.5 Å². The Labute approximate surface area is 150 Å². The fraction of sp³-hybridized carbons (Fsp3) is 0.312. The van der Waals surface area contributed by atoms with Crippen molar-refractivity contribution in [3.63, 3.8) is 0 Å². The van der Waals surface area contributed by atoms with Crippen LogP contribution < -0.4 is 24.9 Å². The first-order chi connectivity index (χ1) is 11.6. The van der Waals surface area contributed by atoms with E-state index in [1.807, 2.05) is 6.92 Å². The number of ether oxygens (including phenoxy) is 1. The lowest BCUT2D eigenvalue weighted by Gasteiger charge is -2.09. The quantitative estimate of drug-likeness (QED) is 0.813. The Balaban J connectivity index is 1.77. The van der Waals surface area contributed by atoms with Gasteiger partial charge in [0.15, 0.2) is 4.80 Å². The summed E-state index contributed by atoms with van der Waals surface area (Å²) < 4.78 is 8.33. The molecule has 1 aromatic carbocycles. The van der Waals surface area contributed by atoms with Gasteiger partial charge in [0.2, 0.25) is 5.91 Å². The number of nitrogens with one attached hydrogen (secondary N) is 1. The molecule has 0 bridgehead atoms. The predicted octanol–water partition coefficient (Wildman–Crippen LogP) is 1.51. The van der Waals surface area contributed by atoms with Gasteiger partial charge in [-0.3, -0.25) is 19.1 Å². The summed E-state index contributed by atoms with van der Waals surface area (Å²) >= 11 is 4.67. The topological polar surface area (TPSA) is 72.7 Å². The molecule has 1 amide bonds. The van der Waals surface area contributed by atoms with Crippen molar-refractivity contribution in [2.24, 2.45) is 4.99 Å². The van der Waals surface area contributed by atoms with Crippen molar-refractivity contribution in [1.82, 2.24) is 4.57 Å². The van der Waals surface area contributed by atoms with Gasteiger partial charge in [0, 0.05) is 18.3 Å². The molecular formula is C16H16BrN3O3S. The third-order valence-electron chi connectivity index (χ3n) is 3.38. The molecule has 0 saturated heterocycles. The molecule has 24 heavy (non-hydrogen) atoms. The van der Waals surface area contributed by atoms with Crippen molar-refractivity contribution >= 4 is 44.9 Å². The molecule has 1 aromatic heterocycles. The lowest BCUT2D eigenvalue weighted by Crippen LogP contribution is -2.30. The van der Waals surface area contributed by atoms with Gasteiger partial charge >= 0.3 is 0 Å². The third kappa shape index (κ3) is 3.59. The highest BCUT2D eigenvalue weighted by Crippen LogP contribution is 2.28. The summed E-state index contributed by atoms with van der Waals surface area (Å²) in [5, 5.41) is 2.75. The molecule has 1 aliphatic rings. The number of thiazole rings is 1. The molecule has 0 spiro atoms. The van der Waals surface area contributed by atoms with E-state index in [1.54, 1.807) is 22.8 Å². The second-order valence-corrected chi connectivity index (χ2v) is 7.08. The van der Waals surface area contributed by atoms with Gasteiger partial charge in [0.1, 0.15) is 10.3 Å². The molecule has 8 heteroatoms. The largest absolute Gasteiger partial charge is 0.492 e. The summed E-state index contributed by atoms with van der Waals surface area (Å²) in [6, 6.07) is 5.33. The minimum absolute atomic E-state index is 0.157. The number of anilines is 1. The average Bonchev–Trinajstić information content (AvgIpc) is 3.11. The molecule has 0 unspecified atom stereocenters. The summed E-state index contributed by atoms with van der Waals surface area (Å²) in [4.78, 5) is 29.2. The number of hydrogen-bond donors (Lipinski definition) is 1. The van der Waals surface area contributed by atoms with Crippen molar-refractivity contribution < 1.29 is 9.53 Å². The number of hydrogen-bond acceptors (Lipinski definition) is 5. The van der Waals surface area contributed by atoms with Crippen molar-refractivity contribution in [1.29, 1.82) is 0 Å². The van der Waals surface area contributed by atoms with E-state index in [9.17, 15) is 9.59 Å². The lowest BCUT2D eigenvalue weighted by molar-refractivity contribution is -0.110. The zero-order valence-corrected chi connectivity index (χ0v) is 15.4. The minimum Gasteiger partial charge on any atom is -0.492 e. The van der Waals surface area contributed by atoms with Crippen LogP contribution in [0, 0.1) is 0 Å². The predicted molar refractivity (Wildman–Crippen MR) is 97.2 cm³/mol. The molecule has 2 aromatic rings. The summed E-state index contributed by atoms with van der Waals surface area (Å²) in [6.45, 7) is 3.89. The zero-order valence-electron chi connectivity index (χ0n) is 13.0. The van der Waals surface area contributed by atoms with E-state index in [1.165, 1.54) is 17.4 Å². The van der Waals surface area contributed by atoms with E-state index in [2.05, 4.69) is 26.2 Å². The van der Waals surface area contributed by atoms with E-state index < -0.39 is 0 Å². The summed E-state index contributed by atoms with van der Waals surface area (Å²) in [6.07, 6.45) is 2.25. The van der Waals surface area contributed by atoms with Crippen LogP contribution in [0.4, 0.5) is 5.69 Å². The Morgan fingerprint density at radius 2 is 2.38 bits per heavy atom. The van der Waals surface area contributed by atoms with E-state index in [4.69, 9.17) is 4.74 Å². The summed E-state index contributed by atoms with van der Waals surface area (Å²) in [7, 11) is 0. The fourth-order valence-electron chi connectivity index (χ4n) is 2.27. The molecule has 1 N–H and O–H groups in total. The van der Waals surface area contributed by atoms with Crippen molar-refractivity contribution in [2.45, 2.75) is 19.9 Å². The van der Waals surface area contributed by atoms with Crippen LogP contribution in [0.5, 0.6) is 5.75 Å². The lowest BCUT2D eigenvalue weighted by atomic mass is 10.3. The smallest absolute Gasteiger partial charge is 0.270 e. The van der Waals surface area contributed by atoms with Gasteiger partial charge in [-0.2, -0.15) is 0 Å². The van der Waals surface area contributed by atoms with Crippen LogP contribution >= 0.6 is 27.3 Å². The maximum atomic E-state index is 12.1. The van der Waals surface area contributed by atoms with Gasteiger partial charge in [-0.25, -0.2) is 0 Å². The van der Waals surface area contributed by atoms with E-state index in [0.717, 1.165) is 16.6 Å². The average molecular weight is 410 g/mol. The summed E-state index contributed by atoms with van der Waals surface area (Å²) in [5.74, 6) is 0.384. The highest BCUT2D eigenvalue weighted by Gasteiger charge is 2.11. The first kappa shape index (κ1) is 16.9. The maximum Gasteiger partial charge on any atom is 0.270 e. The second kappa shape index (κ2) is 7.31. The SMILES string of the molecule is CCCOc1ccc(NC(=O)/C=c2\sc3n(c2=O)CCN=3)cc1Br. The zero-order chi connectivity index (χ0) is 17.1. The van der Waals surface area contributed by atoms with Crippen LogP contribution in [0.1, 0.15) is 13.3 Å². The molecule has 3 rings (SSSR count). The Kier molecular flexibility index (Phi) is 5.15. The van der Waals surface area contributed by atoms with Crippen LogP contribution in [-0.4, -0.2) is 23.6 Å². The molecule has 0 fully saturated rings. The van der Waals surface area contributed by atoms with Gasteiger partial charge in [0.05, 0.1) is 17.6 Å². The molecular weight excluding hydrogens is 394 g/mol. The van der Waals surface area contributed by atoms with Gasteiger partial charge < -0.3 is 10.1 Å². The number of carbonyl (C=O) groups is 1. The standard InChI is InChI=1S/C16H16BrN3O3S/c1-2-7-23-12-4-3-10(8-11(12)17)19-14(21)9-13-15(22)20-6-5-18-16(20)24-13/h3-4,8-9H,2,5-7H2,1H3,(H,19,21)/b13-9-. The molecule has 126 valence electrons. The number of rotatable bonds is 5. The number of amides is 1. The van der Waals surface area contributed by atoms with Gasteiger partial charge in [0.25, 0.3) is 5.56 Å². The molecule has 6 nitrogen and oxygen atoms in total. The van der Waals surface area contributed by atoms with Crippen molar-refractivity contribution in [2.75, 3.05) is 18.5 Å². The molecule has 0 radical (unpaired) electrons. The number of carbonyl (C=O) groups excluding carboxylic acids is 1. The minimum atomic E-state index is -0.346. The normalized spacial score (nSPS) is 13.5. The van der Waals surface area contributed by atoms with Crippen LogP contribution in [0.2, 0.25) is 0 Å². The molecule has 2 heterocycles. The number of nitrogens with zero attached hydrogens (tertiary/aromatic N) is 2. The monoisotopic (exact) mass is 409 g/mol. The van der Waals surface area contributed by atoms with Crippen molar-refractivity contribution in [3.05, 3.63) is 42.4 Å². The molecule has 0 saturated carbocycles. The van der Waals surface area contributed by atoms with E-state index in [0.29, 0.717) is 34.7 Å². The van der Waals surface area contributed by atoms with Gasteiger partial charge in [-0.1, -0.05) is 18.3 Å². The summed E-state index contributed by atoms with van der Waals surface area (Å²) in [5.41, 5.74) is 0.469. The number of halogens is 1. The number of fused-ring (bicyclic) bond motifs is 1. The van der Waals surface area contributed by atoms with Gasteiger partial charge in [-0.05, 0) is 40.5 Å². The van der Waals surface area contributed by atoms with Crippen LogP contribution in [0.15, 0.2) is 32.5 Å². The van der Waals surface area contributed by atoms with Crippen LogP contribution in [0.25, 0.3) is 6.08 Å². The second-order valence-electron chi connectivity index (χ2n) is 5.21. The van der Waals surface area contributed by atoms with Crippen molar-refractivity contribution in [3.8, 4) is 5.75 Å². The Morgan fingerprint density at radius 1 is 1.54 bits per heavy atom. The van der Waals surface area contributed by atoms with E-state index >= 15 is 0 Å². The fourth-order valence-corrected chi connectivity index (χ4v) is 3.77. The molecule has 0 aliphatic carbocycles. The highest BCUT2D eigenvalue weighted by atomic mass is 79.9. The number of benzene rings is 1. The Hall–Kier alpha value is -1.93. The molecule has 0 atom stereocenters. The van der Waals surface area contributed by atoms with Gasteiger partial charge in [-0.15, -0.1) is 0 Å².